The number of carbonyl (C=O) groups excluding carboxylic acids is 3. The number of fused-ring (bicyclic) bond motifs is 2. The van der Waals surface area contributed by atoms with Crippen molar-refractivity contribution in [1.29, 1.82) is 0 Å². The number of halogens is 2. The summed E-state index contributed by atoms with van der Waals surface area (Å²) in [7, 11) is 1.68. The number of methoxy groups -OCH3 is 1. The number of esters is 1. The van der Waals surface area contributed by atoms with E-state index in [1.165, 1.54) is 31.2 Å². The van der Waals surface area contributed by atoms with Gasteiger partial charge in [0.15, 0.2) is 6.29 Å². The predicted octanol–water partition coefficient (Wildman–Crippen LogP) is 6.49. The third-order valence-electron chi connectivity index (χ3n) is 11.2. The van der Waals surface area contributed by atoms with Gasteiger partial charge in [0.05, 0.1) is 34.8 Å². The van der Waals surface area contributed by atoms with Crippen molar-refractivity contribution < 1.29 is 99.3 Å². The van der Waals surface area contributed by atoms with Gasteiger partial charge in [-0.3, -0.25) is 24.4 Å². The van der Waals surface area contributed by atoms with Gasteiger partial charge in [-0.25, -0.2) is 8.78 Å². The van der Waals surface area contributed by atoms with Crippen LogP contribution in [0.15, 0.2) is 48.5 Å². The van der Waals surface area contributed by atoms with Crippen LogP contribution in [0.4, 0.5) is 8.78 Å². The Bertz CT molecular complexity index is 2250. The molecule has 7 rings (SSSR count). The van der Waals surface area contributed by atoms with Gasteiger partial charge in [-0.15, -0.1) is 0 Å². The molecule has 0 aliphatic carbocycles. The Morgan fingerprint density at radius 2 is 1.20 bits per heavy atom. The van der Waals surface area contributed by atoms with E-state index < -0.39 is 11.1 Å². The molecule has 16 heteroatoms. The van der Waals surface area contributed by atoms with Crippen LogP contribution in [0.2, 0.25) is 0 Å². The van der Waals surface area contributed by atoms with Crippen molar-refractivity contribution in [3.8, 4) is 22.3 Å². The first-order valence-electron chi connectivity index (χ1n) is 21.4. The number of nitrogens with one attached hydrogen (secondary N) is 2. The molecule has 1 atom stereocenters. The van der Waals surface area contributed by atoms with Gasteiger partial charge in [0, 0.05) is 56.7 Å². The summed E-state index contributed by atoms with van der Waals surface area (Å²) in [5.41, 5.74) is 8.86. The first-order valence-corrected chi connectivity index (χ1v) is 21.4. The van der Waals surface area contributed by atoms with E-state index in [1.807, 2.05) is 55.4 Å². The molecule has 0 saturated carbocycles. The molecule has 6 N–H and O–H groups in total. The number of aliphatic hydroxyl groups is 1. The molecule has 4 aromatic rings. The van der Waals surface area contributed by atoms with Gasteiger partial charge in [-0.1, -0.05) is 52.0 Å². The minimum absolute atomic E-state index is 0. The van der Waals surface area contributed by atoms with Crippen LogP contribution in [0, 0.1) is 11.6 Å². The number of aromatic nitrogens is 2. The van der Waals surface area contributed by atoms with Gasteiger partial charge in [0.25, 0.3) is 0 Å². The third-order valence-corrected chi connectivity index (χ3v) is 11.2. The minimum Gasteiger partial charge on any atom is -0.870 e. The quantitative estimate of drug-likeness (QED) is 0.129. The molecule has 1 unspecified atom stereocenters. The molecule has 65 heavy (non-hydrogen) atoms. The van der Waals surface area contributed by atoms with Crippen LogP contribution in [0.25, 0.3) is 28.4 Å². The van der Waals surface area contributed by atoms with Gasteiger partial charge in [-0.05, 0) is 116 Å². The average Bonchev–Trinajstić information content (AvgIpc) is 3.68. The van der Waals surface area contributed by atoms with Crippen molar-refractivity contribution in [2.45, 2.75) is 143 Å². The maximum Gasteiger partial charge on any atom is 1.00 e. The van der Waals surface area contributed by atoms with Crippen LogP contribution in [-0.4, -0.2) is 58.3 Å². The maximum absolute atomic E-state index is 13.6. The number of hydrogen-bond donors (Lipinski definition) is 3. The Labute approximate surface area is 424 Å². The number of amides is 2. The van der Waals surface area contributed by atoms with Crippen molar-refractivity contribution >= 4 is 17.8 Å². The zero-order valence-electron chi connectivity index (χ0n) is 39.8. The van der Waals surface area contributed by atoms with E-state index in [1.54, 1.807) is 31.4 Å². The Morgan fingerprint density at radius 3 is 1.54 bits per heavy atom. The summed E-state index contributed by atoms with van der Waals surface area (Å²) < 4.78 is 42.4. The van der Waals surface area contributed by atoms with Crippen LogP contribution >= 0.6 is 0 Å². The molecule has 2 aromatic carbocycles. The number of carbonyl (C=O) groups is 3. The molecule has 13 nitrogen and oxygen atoms in total. The van der Waals surface area contributed by atoms with Crippen molar-refractivity contribution in [2.24, 2.45) is 0 Å². The molecule has 3 aliphatic rings. The molecule has 5 heterocycles. The molecule has 1 saturated heterocycles. The number of rotatable bonds is 8. The Morgan fingerprint density at radius 1 is 0.785 bits per heavy atom. The number of hydrogen-bond acceptors (Lipinski definition) is 10. The van der Waals surface area contributed by atoms with E-state index in [4.69, 9.17) is 24.2 Å². The fourth-order valence-electron chi connectivity index (χ4n) is 8.41. The summed E-state index contributed by atoms with van der Waals surface area (Å²) in [4.78, 5) is 45.9. The molecule has 1 fully saturated rings. The first kappa shape index (κ1) is 57.6. The van der Waals surface area contributed by atoms with E-state index in [0.29, 0.717) is 25.7 Å². The van der Waals surface area contributed by atoms with Crippen LogP contribution in [0.3, 0.4) is 0 Å². The van der Waals surface area contributed by atoms with Gasteiger partial charge in [0.2, 0.25) is 11.8 Å². The Kier molecular flexibility index (Phi) is 22.1. The summed E-state index contributed by atoms with van der Waals surface area (Å²) in [6.07, 6.45) is 4.05. The molecule has 2 amide bonds. The predicted molar refractivity (Wildman–Crippen MR) is 241 cm³/mol. The van der Waals surface area contributed by atoms with E-state index >= 15 is 0 Å². The minimum atomic E-state index is -0.651. The van der Waals surface area contributed by atoms with E-state index in [9.17, 15) is 28.3 Å². The maximum atomic E-state index is 13.6. The number of nitrogens with two attached hydrogens (primary N) is 1. The van der Waals surface area contributed by atoms with Crippen molar-refractivity contribution in [2.75, 3.05) is 13.7 Å². The van der Waals surface area contributed by atoms with Crippen LogP contribution < -0.4 is 62.0 Å². The van der Waals surface area contributed by atoms with E-state index in [-0.39, 0.29) is 124 Å². The molecule has 3 aliphatic heterocycles. The summed E-state index contributed by atoms with van der Waals surface area (Å²) in [5, 5.41) is 16.2. The second-order valence-corrected chi connectivity index (χ2v) is 17.6. The summed E-state index contributed by atoms with van der Waals surface area (Å²) in [6, 6.07) is 12.6. The largest absolute Gasteiger partial charge is 1.00 e. The monoisotopic (exact) mass is 928 g/mol. The molecule has 0 bridgehead atoms. The topological polar surface area (TPSA) is 212 Å². The van der Waals surface area contributed by atoms with Gasteiger partial charge < -0.3 is 41.6 Å². The molecular formula is C49H65F2KN5O8-. The van der Waals surface area contributed by atoms with Crippen LogP contribution in [0.5, 0.6) is 0 Å². The number of pyridine rings is 2. The average molecular weight is 929 g/mol. The molecule has 2 aromatic heterocycles. The fourth-order valence-corrected chi connectivity index (χ4v) is 8.41. The molecule has 0 radical (unpaired) electrons. The Hall–Kier alpha value is -3.55. The van der Waals surface area contributed by atoms with Crippen LogP contribution in [-0.2, 0) is 65.7 Å². The van der Waals surface area contributed by atoms with Crippen LogP contribution in [0.1, 0.15) is 145 Å². The second kappa shape index (κ2) is 25.0. The number of nitrogens with zero attached hydrogens (tertiary/aromatic N) is 2. The van der Waals surface area contributed by atoms with Gasteiger partial charge >= 0.3 is 57.4 Å². The van der Waals surface area contributed by atoms with E-state index in [0.717, 1.165) is 86.7 Å². The van der Waals surface area contributed by atoms with E-state index in [2.05, 4.69) is 10.6 Å². The third kappa shape index (κ3) is 14.2. The zero-order chi connectivity index (χ0) is 45.5. The van der Waals surface area contributed by atoms with Gasteiger partial charge in [-0.2, -0.15) is 0 Å². The standard InChI is InChI=1S/C23H27FN2O3.C21H25FN2O2.C5H10O2.K.H2N.H2O/c1-13(2)21-18(12-29-14(3)27)20(15-6-8-16(24)9-7-15)17-10-11-19(28)26-23(4,5)22(17)25-21;1-12(2)19-16(11-25)18(13-5-7-14(22)8-6-13)15-9-10-17(26)24-21(3,4)20(15)23-19;1-6-5-3-2-4-7-5;;;/h6-9,13H,10-12H2,1-5H3,(H,26,28);5-8,12,25H,9-11H2,1-4H3,(H,24,26);5H,2-4H2,1H3;;2*1H2/q;;;+1;-1;/p-1. The van der Waals surface area contributed by atoms with Gasteiger partial charge in [0.1, 0.15) is 18.2 Å². The molecular weight excluding hydrogens is 864 g/mol. The number of benzene rings is 2. The normalized spacial score (nSPS) is 16.8. The Balaban J connectivity index is 0.000000374. The van der Waals surface area contributed by atoms with Crippen molar-refractivity contribution in [3.63, 3.8) is 0 Å². The summed E-state index contributed by atoms with van der Waals surface area (Å²) in [6.45, 7) is 18.1. The number of aliphatic hydroxyl groups excluding tert-OH is 1. The smallest absolute Gasteiger partial charge is 0.870 e. The summed E-state index contributed by atoms with van der Waals surface area (Å²) >= 11 is 0. The first-order chi connectivity index (χ1) is 29.3. The summed E-state index contributed by atoms with van der Waals surface area (Å²) in [5.74, 6) is -0.883. The van der Waals surface area contributed by atoms with Crippen molar-refractivity contribution in [1.82, 2.24) is 20.6 Å². The number of ether oxygens (including phenoxy) is 3. The SMILES string of the molecule is CC(=O)OCc1c(C(C)C)nc2c(c1-c1ccc(F)cc1)CCC(=O)NC2(C)C.CC(C)c1nc2c(c(-c3ccc(F)cc3)c1CO)CCC(=O)NC2(C)C.COC1CCCO1.[K+].[NH2-].[OH-]. The van der Waals surface area contributed by atoms with Crippen molar-refractivity contribution in [3.05, 3.63) is 111 Å². The fraction of sp³-hybridized carbons (Fsp3) is 0.490. The molecule has 350 valence electrons. The molecule has 0 spiro atoms. The zero-order valence-corrected chi connectivity index (χ0v) is 42.9. The second-order valence-electron chi connectivity index (χ2n) is 17.6.